The van der Waals surface area contributed by atoms with Crippen LogP contribution in [0.2, 0.25) is 0 Å². The van der Waals surface area contributed by atoms with Gasteiger partial charge in [-0.1, -0.05) is 40.7 Å². The predicted molar refractivity (Wildman–Crippen MR) is 207 cm³/mol. The molecule has 8 nitrogen and oxygen atoms in total. The molecule has 0 aliphatic carbocycles. The van der Waals surface area contributed by atoms with E-state index in [0.29, 0.717) is 29.5 Å². The zero-order valence-corrected chi connectivity index (χ0v) is 32.7. The van der Waals surface area contributed by atoms with E-state index in [1.165, 1.54) is 0 Å². The van der Waals surface area contributed by atoms with Gasteiger partial charge < -0.3 is 15.3 Å². The first kappa shape index (κ1) is 42.6. The normalized spacial score (nSPS) is 11.0. The van der Waals surface area contributed by atoms with Crippen LogP contribution in [0.1, 0.15) is 85.8 Å². The number of benzene rings is 1. The van der Waals surface area contributed by atoms with Crippen LogP contribution in [-0.2, 0) is 0 Å². The third-order valence-corrected chi connectivity index (χ3v) is 9.51. The van der Waals surface area contributed by atoms with Crippen molar-refractivity contribution in [2.45, 2.75) is 93.0 Å². The summed E-state index contributed by atoms with van der Waals surface area (Å²) in [5.41, 5.74) is 5.45. The Morgan fingerprint density at radius 1 is 1.00 bits per heavy atom. The van der Waals surface area contributed by atoms with Gasteiger partial charge in [0.05, 0.1) is 16.9 Å². The van der Waals surface area contributed by atoms with Gasteiger partial charge >= 0.3 is 0 Å². The average Bonchev–Trinajstić information content (AvgIpc) is 3.04. The summed E-state index contributed by atoms with van der Waals surface area (Å²) in [5, 5.41) is 7.00. The van der Waals surface area contributed by atoms with Crippen molar-refractivity contribution >= 4 is 87.1 Å². The lowest BCUT2D eigenvalue weighted by atomic mass is 10.0. The number of thioether (sulfide) groups is 1. The first-order valence-electron chi connectivity index (χ1n) is 14.9. The summed E-state index contributed by atoms with van der Waals surface area (Å²) in [6, 6.07) is 10.3. The van der Waals surface area contributed by atoms with Crippen molar-refractivity contribution < 1.29 is 9.15 Å². The third kappa shape index (κ3) is 13.1. The first-order chi connectivity index (χ1) is 21.5. The van der Waals surface area contributed by atoms with E-state index in [1.54, 1.807) is 11.8 Å². The third-order valence-electron chi connectivity index (χ3n) is 6.25. The maximum Gasteiger partial charge on any atom is 0.162 e. The van der Waals surface area contributed by atoms with Gasteiger partial charge in [-0.25, -0.2) is 15.0 Å². The molecule has 45 heavy (non-hydrogen) atoms. The van der Waals surface area contributed by atoms with Crippen LogP contribution in [0.15, 0.2) is 45.2 Å². The highest BCUT2D eigenvalue weighted by molar-refractivity contribution is 14.2. The van der Waals surface area contributed by atoms with Gasteiger partial charge in [0, 0.05) is 50.5 Å². The molecule has 0 spiro atoms. The van der Waals surface area contributed by atoms with E-state index in [-0.39, 0.29) is 5.54 Å². The van der Waals surface area contributed by atoms with Crippen molar-refractivity contribution in [1.82, 2.24) is 15.0 Å². The molecule has 2 heterocycles. The molecule has 13 heteroatoms. The van der Waals surface area contributed by atoms with E-state index in [0.717, 1.165) is 52.0 Å². The molecule has 0 radical (unpaired) electrons. The number of hydrogen-bond acceptors (Lipinski definition) is 9. The Morgan fingerprint density at radius 3 is 2.13 bits per heavy atom. The number of aryl methyl sites for hydroxylation is 2. The largest absolute Gasteiger partial charge is 0.353 e. The number of nitrogens with zero attached hydrogens (tertiary/aromatic N) is 6. The van der Waals surface area contributed by atoms with Crippen molar-refractivity contribution in [2.24, 2.45) is 9.98 Å². The van der Waals surface area contributed by atoms with E-state index in [9.17, 15) is 0 Å². The molecule has 2 aromatic heterocycles. The molecule has 2 N–H and O–H groups in total. The van der Waals surface area contributed by atoms with Gasteiger partial charge in [0.1, 0.15) is 23.1 Å². The van der Waals surface area contributed by atoms with Gasteiger partial charge in [-0.05, 0) is 101 Å². The van der Waals surface area contributed by atoms with Crippen molar-refractivity contribution in [3.8, 4) is 0 Å². The molecule has 0 saturated carbocycles. The van der Waals surface area contributed by atoms with Crippen LogP contribution in [0, 0.1) is 13.8 Å². The minimum absolute atomic E-state index is 0.0902. The topological polar surface area (TPSA) is 90.7 Å². The summed E-state index contributed by atoms with van der Waals surface area (Å²) >= 11 is 4.06. The maximum absolute atomic E-state index is 8.00. The summed E-state index contributed by atoms with van der Waals surface area (Å²) in [4.78, 5) is 24.3. The second-order valence-electron chi connectivity index (χ2n) is 9.68. The van der Waals surface area contributed by atoms with E-state index in [4.69, 9.17) is 19.1 Å². The summed E-state index contributed by atoms with van der Waals surface area (Å²) in [5.74, 6) is 2.83. The smallest absolute Gasteiger partial charge is 0.162 e. The minimum Gasteiger partial charge on any atom is -0.353 e. The Bertz CT molecular complexity index is 1350. The molecule has 3 aromatic rings. The zero-order chi connectivity index (χ0) is 34.7. The van der Waals surface area contributed by atoms with Crippen LogP contribution >= 0.6 is 40.2 Å². The monoisotopic (exact) mass is 774 g/mol. The second kappa shape index (κ2) is 22.1. The predicted octanol–water partition coefficient (Wildman–Crippen LogP) is 11.7. The maximum atomic E-state index is 8.00. The Labute approximate surface area is 288 Å². The molecule has 0 aliphatic heterocycles. The minimum atomic E-state index is -0.0902. The van der Waals surface area contributed by atoms with Crippen molar-refractivity contribution in [1.29, 1.82) is 0 Å². The summed E-state index contributed by atoms with van der Waals surface area (Å²) in [7, 11) is 0. The molecule has 0 amide bonds. The number of anilines is 5. The molecule has 1 unspecified atom stereocenters. The zero-order valence-electron chi connectivity index (χ0n) is 28.7. The SMILES string of the molecule is C=Nc1c(Nc2ccc(C(C)=NC(C)(C)CC)cc2SC)cc(Nc2cc(C)nc(C)n2)nc1N(CC)PI.CC.CC.FF. The molecule has 0 saturated heterocycles. The number of hydrogen-bond donors (Lipinski definition) is 2. The first-order valence-corrected chi connectivity index (χ1v) is 20.2. The summed E-state index contributed by atoms with van der Waals surface area (Å²) < 4.78 is 18.2. The van der Waals surface area contributed by atoms with Gasteiger partial charge in [-0.2, -0.15) is 0 Å². The number of nitrogens with one attached hydrogen (secondary N) is 2. The fraction of sp³-hybridized carbons (Fsp3) is 0.469. The molecular weight excluding hydrogens is 724 g/mol. The standard InChI is InChI=1S/C28H38IN8PS.2C2H6.F2/c1-10-28(6,7)36-18(4)20-12-13-21(23(15-20)39-9)33-22-16-25(34-24-14-17(3)31-19(5)32-24)35-27(26(22)30-8)37(11-2)38-29;3*1-2/h12-16,38H,8,10-11H2,1-7,9H3,(H2,31,32,33,34,35);2*1-2H3;. The van der Waals surface area contributed by atoms with Crippen LogP contribution in [0.4, 0.5) is 43.7 Å². The van der Waals surface area contributed by atoms with E-state index in [1.807, 2.05) is 53.7 Å². The summed E-state index contributed by atoms with van der Waals surface area (Å²) in [6.07, 6.45) is 3.56. The van der Waals surface area contributed by atoms with Crippen molar-refractivity contribution in [2.75, 3.05) is 28.1 Å². The van der Waals surface area contributed by atoms with Crippen LogP contribution in [-0.4, -0.2) is 45.7 Å². The Kier molecular flexibility index (Phi) is 20.9. The van der Waals surface area contributed by atoms with Crippen LogP contribution < -0.4 is 15.3 Å². The molecule has 3 rings (SSSR count). The Morgan fingerprint density at radius 2 is 1.62 bits per heavy atom. The van der Waals surface area contributed by atoms with Crippen molar-refractivity contribution in [3.63, 3.8) is 0 Å². The number of rotatable bonds is 12. The lowest BCUT2D eigenvalue weighted by Crippen LogP contribution is -2.17. The fourth-order valence-electron chi connectivity index (χ4n) is 3.95. The van der Waals surface area contributed by atoms with E-state index >= 15 is 0 Å². The molecule has 0 bridgehead atoms. The van der Waals surface area contributed by atoms with Crippen LogP contribution in [0.5, 0.6) is 0 Å². The number of halogens is 3. The van der Waals surface area contributed by atoms with E-state index < -0.39 is 0 Å². The fourth-order valence-corrected chi connectivity index (χ4v) is 6.60. The lowest BCUT2D eigenvalue weighted by molar-refractivity contribution is 0.108. The molecule has 1 aromatic carbocycles. The highest BCUT2D eigenvalue weighted by atomic mass is 127. The van der Waals surface area contributed by atoms with E-state index in [2.05, 4.69) is 118 Å². The van der Waals surface area contributed by atoms with Crippen LogP contribution in [0.25, 0.3) is 0 Å². The molecule has 250 valence electrons. The summed E-state index contributed by atoms with van der Waals surface area (Å²) in [6.45, 7) is 27.2. The second-order valence-corrected chi connectivity index (χ2v) is 12.7. The quantitative estimate of drug-likeness (QED) is 0.0819. The molecule has 1 atom stereocenters. The van der Waals surface area contributed by atoms with Crippen molar-refractivity contribution in [3.05, 3.63) is 47.4 Å². The molecule has 0 fully saturated rings. The van der Waals surface area contributed by atoms with Gasteiger partial charge in [-0.15, -0.1) is 11.8 Å². The average molecular weight is 775 g/mol. The molecular formula is C32H50F2IN8PS. The highest BCUT2D eigenvalue weighted by Crippen LogP contribution is 2.44. The number of aromatic nitrogens is 3. The van der Waals surface area contributed by atoms with Crippen LogP contribution in [0.3, 0.4) is 0 Å². The van der Waals surface area contributed by atoms with Gasteiger partial charge in [0.25, 0.3) is 0 Å². The van der Waals surface area contributed by atoms with Gasteiger partial charge in [-0.3, -0.25) is 9.98 Å². The number of pyridine rings is 1. The Hall–Kier alpha value is -2.44. The lowest BCUT2D eigenvalue weighted by Gasteiger charge is -2.24. The highest BCUT2D eigenvalue weighted by Gasteiger charge is 2.19. The number of aliphatic imine (C=N–C) groups is 2. The van der Waals surface area contributed by atoms with Gasteiger partial charge in [0.2, 0.25) is 0 Å². The van der Waals surface area contributed by atoms with Gasteiger partial charge in [0.15, 0.2) is 5.82 Å². The Balaban J connectivity index is 0.00000304. The molecule has 0 aliphatic rings.